The molecule has 0 spiro atoms. The average molecular weight is 382 g/mol. The van der Waals surface area contributed by atoms with Crippen molar-refractivity contribution in [1.29, 1.82) is 0 Å². The lowest BCUT2D eigenvalue weighted by Gasteiger charge is -2.06. The van der Waals surface area contributed by atoms with Gasteiger partial charge >= 0.3 is 5.97 Å². The van der Waals surface area contributed by atoms with Gasteiger partial charge in [-0.3, -0.25) is 10.1 Å². The van der Waals surface area contributed by atoms with Gasteiger partial charge in [-0.05, 0) is 37.3 Å². The van der Waals surface area contributed by atoms with Crippen molar-refractivity contribution >= 4 is 28.3 Å². The third-order valence-electron chi connectivity index (χ3n) is 3.78. The molecule has 7 heteroatoms. The molecule has 0 unspecified atom stereocenters. The maximum absolute atomic E-state index is 12.4. The standard InChI is InChI=1S/C20H18N2O4S/c1-3-26-19(24)16-7-5-4-6-15(16)17-12-27-20(21-17)22-18(23)13-8-10-14(25-2)11-9-13/h4-12H,3H2,1-2H3,(H,21,22,23). The van der Waals surface area contributed by atoms with Gasteiger partial charge in [-0.2, -0.15) is 0 Å². The van der Waals surface area contributed by atoms with E-state index in [1.54, 1.807) is 61.9 Å². The van der Waals surface area contributed by atoms with Crippen molar-refractivity contribution in [2.45, 2.75) is 6.92 Å². The summed E-state index contributed by atoms with van der Waals surface area (Å²) in [5, 5.41) is 5.01. The molecule has 0 aliphatic heterocycles. The highest BCUT2D eigenvalue weighted by Crippen LogP contribution is 2.28. The van der Waals surface area contributed by atoms with Gasteiger partial charge in [-0.15, -0.1) is 11.3 Å². The topological polar surface area (TPSA) is 77.5 Å². The lowest BCUT2D eigenvalue weighted by molar-refractivity contribution is 0.0527. The Morgan fingerprint density at radius 3 is 2.56 bits per heavy atom. The molecule has 0 fully saturated rings. The smallest absolute Gasteiger partial charge is 0.338 e. The van der Waals surface area contributed by atoms with Crippen molar-refractivity contribution in [2.24, 2.45) is 0 Å². The van der Waals surface area contributed by atoms with Crippen molar-refractivity contribution in [3.63, 3.8) is 0 Å². The molecular weight excluding hydrogens is 364 g/mol. The van der Waals surface area contributed by atoms with Crippen LogP contribution in [0.25, 0.3) is 11.3 Å². The summed E-state index contributed by atoms with van der Waals surface area (Å²) in [6.45, 7) is 2.06. The first kappa shape index (κ1) is 18.6. The normalized spacial score (nSPS) is 10.3. The third kappa shape index (κ3) is 4.32. The van der Waals surface area contributed by atoms with Crippen LogP contribution in [0.5, 0.6) is 5.75 Å². The number of hydrogen-bond acceptors (Lipinski definition) is 6. The highest BCUT2D eigenvalue weighted by atomic mass is 32.1. The molecule has 0 saturated heterocycles. The van der Waals surface area contributed by atoms with E-state index in [-0.39, 0.29) is 5.91 Å². The molecule has 1 heterocycles. The second kappa shape index (κ2) is 8.46. The summed E-state index contributed by atoms with van der Waals surface area (Å²) in [5.41, 5.74) is 2.21. The molecule has 0 aliphatic carbocycles. The zero-order chi connectivity index (χ0) is 19.2. The third-order valence-corrected chi connectivity index (χ3v) is 4.53. The molecule has 0 atom stereocenters. The fraction of sp³-hybridized carbons (Fsp3) is 0.150. The van der Waals surface area contributed by atoms with Gasteiger partial charge in [0.1, 0.15) is 5.75 Å². The first-order chi connectivity index (χ1) is 13.1. The van der Waals surface area contributed by atoms with Crippen LogP contribution >= 0.6 is 11.3 Å². The molecule has 3 rings (SSSR count). The predicted molar refractivity (Wildman–Crippen MR) is 104 cm³/mol. The number of esters is 1. The molecule has 0 aliphatic rings. The van der Waals surface area contributed by atoms with E-state index >= 15 is 0 Å². The van der Waals surface area contributed by atoms with Gasteiger partial charge in [0.15, 0.2) is 5.13 Å². The van der Waals surface area contributed by atoms with Crippen molar-refractivity contribution in [3.05, 3.63) is 65.0 Å². The Labute approximate surface area is 160 Å². The number of ether oxygens (including phenoxy) is 2. The fourth-order valence-corrected chi connectivity index (χ4v) is 3.17. The maximum atomic E-state index is 12.4. The molecule has 0 bridgehead atoms. The first-order valence-corrected chi connectivity index (χ1v) is 9.17. The number of rotatable bonds is 6. The second-order valence-corrected chi connectivity index (χ2v) is 6.34. The highest BCUT2D eigenvalue weighted by molar-refractivity contribution is 7.14. The molecule has 1 N–H and O–H groups in total. The second-order valence-electron chi connectivity index (χ2n) is 5.49. The molecule has 6 nitrogen and oxygen atoms in total. The Morgan fingerprint density at radius 1 is 1.11 bits per heavy atom. The molecule has 138 valence electrons. The van der Waals surface area contributed by atoms with Gasteiger partial charge in [-0.25, -0.2) is 9.78 Å². The van der Waals surface area contributed by atoms with E-state index in [4.69, 9.17) is 9.47 Å². The summed E-state index contributed by atoms with van der Waals surface area (Å²) in [5.74, 6) is 0.0146. The van der Waals surface area contributed by atoms with Crippen LogP contribution in [0.2, 0.25) is 0 Å². The van der Waals surface area contributed by atoms with Crippen molar-refractivity contribution < 1.29 is 19.1 Å². The van der Waals surface area contributed by atoms with Gasteiger partial charge < -0.3 is 9.47 Å². The molecule has 3 aromatic rings. The number of amides is 1. The Kier molecular flexibility index (Phi) is 5.83. The summed E-state index contributed by atoms with van der Waals surface area (Å²) in [7, 11) is 1.57. The fourth-order valence-electron chi connectivity index (χ4n) is 2.46. The van der Waals surface area contributed by atoms with Crippen molar-refractivity contribution in [1.82, 2.24) is 4.98 Å². The summed E-state index contributed by atoms with van der Waals surface area (Å²) < 4.78 is 10.2. The van der Waals surface area contributed by atoms with Crippen LogP contribution in [-0.2, 0) is 4.74 Å². The highest BCUT2D eigenvalue weighted by Gasteiger charge is 2.16. The number of nitrogens with one attached hydrogen (secondary N) is 1. The number of aromatic nitrogens is 1. The Hall–Kier alpha value is -3.19. The Balaban J connectivity index is 1.79. The molecule has 0 radical (unpaired) electrons. The van der Waals surface area contributed by atoms with Crippen molar-refractivity contribution in [2.75, 3.05) is 19.0 Å². The number of anilines is 1. The van der Waals surface area contributed by atoms with Crippen LogP contribution in [0.15, 0.2) is 53.9 Å². The maximum Gasteiger partial charge on any atom is 0.338 e. The zero-order valence-electron chi connectivity index (χ0n) is 14.9. The Morgan fingerprint density at radius 2 is 1.85 bits per heavy atom. The minimum absolute atomic E-state index is 0.266. The summed E-state index contributed by atoms with van der Waals surface area (Å²) in [6.07, 6.45) is 0. The molecule has 27 heavy (non-hydrogen) atoms. The van der Waals surface area contributed by atoms with Gasteiger partial charge in [0.05, 0.1) is 25.0 Å². The molecule has 2 aromatic carbocycles. The van der Waals surface area contributed by atoms with E-state index in [1.165, 1.54) is 11.3 Å². The van der Waals surface area contributed by atoms with Crippen LogP contribution < -0.4 is 10.1 Å². The zero-order valence-corrected chi connectivity index (χ0v) is 15.7. The summed E-state index contributed by atoms with van der Waals surface area (Å²) >= 11 is 1.29. The SMILES string of the molecule is CCOC(=O)c1ccccc1-c1csc(NC(=O)c2ccc(OC)cc2)n1. The van der Waals surface area contributed by atoms with Crippen LogP contribution in [0, 0.1) is 0 Å². The number of thiazole rings is 1. The van der Waals surface area contributed by atoms with Crippen LogP contribution in [0.1, 0.15) is 27.6 Å². The van der Waals surface area contributed by atoms with Crippen LogP contribution in [-0.4, -0.2) is 30.6 Å². The minimum Gasteiger partial charge on any atom is -0.497 e. The molecular formula is C20H18N2O4S. The minimum atomic E-state index is -0.398. The van der Waals surface area contributed by atoms with Gasteiger partial charge in [0.2, 0.25) is 0 Å². The molecule has 1 aromatic heterocycles. The van der Waals surface area contributed by atoms with Crippen LogP contribution in [0.4, 0.5) is 5.13 Å². The van der Waals surface area contributed by atoms with Crippen molar-refractivity contribution in [3.8, 4) is 17.0 Å². The van der Waals surface area contributed by atoms with Gasteiger partial charge in [0.25, 0.3) is 5.91 Å². The van der Waals surface area contributed by atoms with Crippen LogP contribution in [0.3, 0.4) is 0 Å². The average Bonchev–Trinajstić information content (AvgIpc) is 3.16. The first-order valence-electron chi connectivity index (χ1n) is 8.29. The van der Waals surface area contributed by atoms with E-state index in [1.807, 2.05) is 6.07 Å². The van der Waals surface area contributed by atoms with Gasteiger partial charge in [0, 0.05) is 16.5 Å². The summed E-state index contributed by atoms with van der Waals surface area (Å²) in [4.78, 5) is 28.9. The summed E-state index contributed by atoms with van der Waals surface area (Å²) in [6, 6.07) is 13.9. The molecule has 1 amide bonds. The van der Waals surface area contributed by atoms with Gasteiger partial charge in [-0.1, -0.05) is 18.2 Å². The monoisotopic (exact) mass is 382 g/mol. The molecule has 0 saturated carbocycles. The largest absolute Gasteiger partial charge is 0.497 e. The lowest BCUT2D eigenvalue weighted by Crippen LogP contribution is -2.11. The lowest BCUT2D eigenvalue weighted by atomic mass is 10.1. The number of benzene rings is 2. The Bertz CT molecular complexity index is 951. The number of carbonyl (C=O) groups excluding carboxylic acids is 2. The number of methoxy groups -OCH3 is 1. The van der Waals surface area contributed by atoms with E-state index in [0.29, 0.717) is 39.9 Å². The van der Waals surface area contributed by atoms with E-state index in [0.717, 1.165) is 0 Å². The number of carbonyl (C=O) groups is 2. The van der Waals surface area contributed by atoms with E-state index in [9.17, 15) is 9.59 Å². The van der Waals surface area contributed by atoms with E-state index < -0.39 is 5.97 Å². The number of hydrogen-bond donors (Lipinski definition) is 1. The predicted octanol–water partition coefficient (Wildman–Crippen LogP) is 4.25. The quantitative estimate of drug-likeness (QED) is 0.645. The number of nitrogens with zero attached hydrogens (tertiary/aromatic N) is 1. The van der Waals surface area contributed by atoms with E-state index in [2.05, 4.69) is 10.3 Å².